The molecule has 4 fully saturated rings. The second kappa shape index (κ2) is 8.01. The SMILES string of the molecule is O=C(CCC(F)(F)C(F)(F)S(=O)(=O)[O-])OC1C2CC3CC(C2)C(=O)OC1C3.[Na+]. The van der Waals surface area contributed by atoms with Crippen LogP contribution in [0.1, 0.15) is 38.5 Å². The third-order valence-corrected chi connectivity index (χ3v) is 6.42. The molecule has 0 aromatic carbocycles. The molecule has 4 aliphatic rings. The summed E-state index contributed by atoms with van der Waals surface area (Å²) < 4.78 is 94.5. The van der Waals surface area contributed by atoms with Gasteiger partial charge in [0, 0.05) is 12.3 Å². The molecule has 13 heteroatoms. The summed E-state index contributed by atoms with van der Waals surface area (Å²) in [7, 11) is -6.60. The monoisotopic (exact) mass is 440 g/mol. The number of hydrogen-bond acceptors (Lipinski definition) is 7. The Morgan fingerprint density at radius 2 is 1.82 bits per heavy atom. The topological polar surface area (TPSA) is 110 Å². The van der Waals surface area contributed by atoms with Crippen molar-refractivity contribution in [3.05, 3.63) is 0 Å². The molecule has 0 N–H and O–H groups in total. The van der Waals surface area contributed by atoms with Crippen molar-refractivity contribution in [1.82, 2.24) is 0 Å². The van der Waals surface area contributed by atoms with Crippen LogP contribution < -0.4 is 29.6 Å². The fourth-order valence-corrected chi connectivity index (χ4v) is 4.70. The van der Waals surface area contributed by atoms with Crippen molar-refractivity contribution in [1.29, 1.82) is 0 Å². The summed E-state index contributed by atoms with van der Waals surface area (Å²) in [5.74, 6) is -7.11. The van der Waals surface area contributed by atoms with Crippen LogP contribution in [0.4, 0.5) is 17.6 Å². The number of rotatable bonds is 6. The fourth-order valence-electron chi connectivity index (χ4n) is 4.23. The van der Waals surface area contributed by atoms with Crippen molar-refractivity contribution in [2.45, 2.75) is 61.9 Å². The van der Waals surface area contributed by atoms with E-state index in [4.69, 9.17) is 9.47 Å². The predicted molar refractivity (Wildman–Crippen MR) is 77.5 cm³/mol. The van der Waals surface area contributed by atoms with Gasteiger partial charge in [-0.15, -0.1) is 0 Å². The molecule has 4 bridgehead atoms. The Labute approximate surface area is 180 Å². The molecular weight excluding hydrogens is 423 g/mol. The van der Waals surface area contributed by atoms with Gasteiger partial charge in [0.2, 0.25) is 0 Å². The average molecular weight is 440 g/mol. The first-order chi connectivity index (χ1) is 12.3. The van der Waals surface area contributed by atoms with E-state index in [0.29, 0.717) is 25.7 Å². The Morgan fingerprint density at radius 1 is 1.18 bits per heavy atom. The maximum Gasteiger partial charge on any atom is 1.00 e. The van der Waals surface area contributed by atoms with Gasteiger partial charge in [0.15, 0.2) is 10.1 Å². The van der Waals surface area contributed by atoms with Crippen LogP contribution in [0, 0.1) is 17.8 Å². The van der Waals surface area contributed by atoms with Crippen LogP contribution in [-0.2, 0) is 29.2 Å². The van der Waals surface area contributed by atoms with E-state index < -0.39 is 58.3 Å². The predicted octanol–water partition coefficient (Wildman–Crippen LogP) is -1.18. The van der Waals surface area contributed by atoms with Crippen LogP contribution >= 0.6 is 0 Å². The number of alkyl halides is 4. The van der Waals surface area contributed by atoms with Gasteiger partial charge in [-0.05, 0) is 31.6 Å². The number of halogens is 4. The molecule has 2 saturated carbocycles. The zero-order chi connectivity index (χ0) is 20.2. The Balaban J connectivity index is 0.00000280. The van der Waals surface area contributed by atoms with Crippen molar-refractivity contribution in [2.24, 2.45) is 17.8 Å². The Kier molecular flexibility index (Phi) is 6.82. The van der Waals surface area contributed by atoms with Gasteiger partial charge in [0.1, 0.15) is 12.2 Å². The van der Waals surface area contributed by atoms with E-state index >= 15 is 0 Å². The minimum absolute atomic E-state index is 0. The summed E-state index contributed by atoms with van der Waals surface area (Å²) in [6.45, 7) is 0. The van der Waals surface area contributed by atoms with Crippen molar-refractivity contribution in [3.63, 3.8) is 0 Å². The molecule has 0 radical (unpaired) electrons. The van der Waals surface area contributed by atoms with Gasteiger partial charge in [0.25, 0.3) is 0 Å². The van der Waals surface area contributed by atoms with Gasteiger partial charge >= 0.3 is 52.7 Å². The second-order valence-corrected chi connectivity index (χ2v) is 8.79. The molecule has 2 aliphatic carbocycles. The third kappa shape index (κ3) is 4.35. The first-order valence-corrected chi connectivity index (χ1v) is 9.83. The molecule has 2 heterocycles. The minimum atomic E-state index is -6.60. The molecule has 5 atom stereocenters. The summed E-state index contributed by atoms with van der Waals surface area (Å²) in [6, 6.07) is 0. The molecule has 0 aromatic heterocycles. The molecule has 7 nitrogen and oxygen atoms in total. The van der Waals surface area contributed by atoms with E-state index in [-0.39, 0.29) is 47.3 Å². The van der Waals surface area contributed by atoms with Crippen molar-refractivity contribution >= 4 is 22.1 Å². The zero-order valence-corrected chi connectivity index (χ0v) is 17.7. The summed E-state index contributed by atoms with van der Waals surface area (Å²) in [5.41, 5.74) is 0. The molecule has 4 rings (SSSR count). The second-order valence-electron chi connectivity index (χ2n) is 7.37. The smallest absolute Gasteiger partial charge is 0.743 e. The van der Waals surface area contributed by atoms with Crippen LogP contribution in [0.15, 0.2) is 0 Å². The normalized spacial score (nSPS) is 32.3. The van der Waals surface area contributed by atoms with E-state index in [1.807, 2.05) is 0 Å². The first-order valence-electron chi connectivity index (χ1n) is 8.43. The summed E-state index contributed by atoms with van der Waals surface area (Å²) in [5, 5.41) is -5.84. The van der Waals surface area contributed by atoms with Crippen molar-refractivity contribution in [2.75, 3.05) is 0 Å². The van der Waals surface area contributed by atoms with Crippen LogP contribution in [0.5, 0.6) is 0 Å². The quantitative estimate of drug-likeness (QED) is 0.221. The molecule has 0 spiro atoms. The molecule has 0 aromatic rings. The minimum Gasteiger partial charge on any atom is -0.743 e. The van der Waals surface area contributed by atoms with Gasteiger partial charge in [-0.1, -0.05) is 0 Å². The van der Waals surface area contributed by atoms with Gasteiger partial charge in [-0.3, -0.25) is 9.59 Å². The van der Waals surface area contributed by atoms with Gasteiger partial charge in [0.05, 0.1) is 12.3 Å². The molecule has 0 amide bonds. The molecule has 28 heavy (non-hydrogen) atoms. The summed E-state index contributed by atoms with van der Waals surface area (Å²) >= 11 is 0. The van der Waals surface area contributed by atoms with Crippen LogP contribution in [0.25, 0.3) is 0 Å². The number of carbonyl (C=O) groups is 2. The maximum atomic E-state index is 13.4. The van der Waals surface area contributed by atoms with Crippen molar-refractivity contribution in [3.8, 4) is 0 Å². The largest absolute Gasteiger partial charge is 1.00 e. The maximum absolute atomic E-state index is 13.4. The van der Waals surface area contributed by atoms with Crippen LogP contribution in [0.3, 0.4) is 0 Å². The molecular formula is C15H17F4NaO7S. The Bertz CT molecular complexity index is 745. The molecule has 2 saturated heterocycles. The van der Waals surface area contributed by atoms with Gasteiger partial charge < -0.3 is 14.0 Å². The van der Waals surface area contributed by atoms with E-state index in [0.717, 1.165) is 0 Å². The molecule has 154 valence electrons. The fraction of sp³-hybridized carbons (Fsp3) is 0.867. The average Bonchev–Trinajstić information content (AvgIpc) is 2.70. The standard InChI is InChI=1S/C15H18F4O7S.Na/c16-14(17,15(18,19)27(22,23)24)2-1-11(20)26-12-8-3-7-4-9(6-8)13(21)25-10(12)5-7;/h7-10,12H,1-6H2,(H,22,23,24);/q;+1/p-1. The number of fused-ring (bicyclic) bond motifs is 1. The van der Waals surface area contributed by atoms with E-state index in [1.165, 1.54) is 0 Å². The number of hydrogen-bond donors (Lipinski definition) is 0. The number of ether oxygens (including phenoxy) is 2. The Hall–Kier alpha value is -0.430. The molecule has 2 aliphatic heterocycles. The van der Waals surface area contributed by atoms with Crippen LogP contribution in [-0.4, -0.2) is 48.3 Å². The number of esters is 2. The summed E-state index contributed by atoms with van der Waals surface area (Å²) in [4.78, 5) is 23.8. The van der Waals surface area contributed by atoms with E-state index in [2.05, 4.69) is 0 Å². The third-order valence-electron chi connectivity index (χ3n) is 5.49. The number of carbonyl (C=O) groups excluding carboxylic acids is 2. The van der Waals surface area contributed by atoms with Gasteiger partial charge in [-0.2, -0.15) is 17.6 Å². The van der Waals surface area contributed by atoms with Crippen LogP contribution in [0.2, 0.25) is 0 Å². The van der Waals surface area contributed by atoms with E-state index in [1.54, 1.807) is 0 Å². The summed E-state index contributed by atoms with van der Waals surface area (Å²) in [6.07, 6.45) is -2.35. The van der Waals surface area contributed by atoms with Crippen molar-refractivity contribution < 1.29 is 79.2 Å². The first kappa shape index (κ1) is 23.8. The van der Waals surface area contributed by atoms with E-state index in [9.17, 15) is 40.1 Å². The molecule has 5 unspecified atom stereocenters. The van der Waals surface area contributed by atoms with Gasteiger partial charge in [-0.25, -0.2) is 8.42 Å². The Morgan fingerprint density at radius 3 is 2.43 bits per heavy atom. The zero-order valence-electron chi connectivity index (χ0n) is 14.9.